The van der Waals surface area contributed by atoms with E-state index in [2.05, 4.69) is 0 Å². The Balaban J connectivity index is 1.76. The van der Waals surface area contributed by atoms with E-state index in [1.807, 2.05) is 0 Å². The summed E-state index contributed by atoms with van der Waals surface area (Å²) in [6.07, 6.45) is 0.540. The monoisotopic (exact) mass is 498 g/mol. The summed E-state index contributed by atoms with van der Waals surface area (Å²) in [4.78, 5) is 27.2. The van der Waals surface area contributed by atoms with Gasteiger partial charge in [0.1, 0.15) is 11.6 Å². The first-order valence-electron chi connectivity index (χ1n) is 10.5. The summed E-state index contributed by atoms with van der Waals surface area (Å²) in [7, 11) is -2.35. The molecule has 0 bridgehead atoms. The van der Waals surface area contributed by atoms with Gasteiger partial charge in [-0.05, 0) is 63.1 Å². The van der Waals surface area contributed by atoms with Crippen LogP contribution >= 0.6 is 11.6 Å². The lowest BCUT2D eigenvalue weighted by molar-refractivity contribution is 0.0649. The number of Topliss-reactive ketones (excluding diaryl/α,β-unsaturated/α-hetero) is 1. The number of carbonyl (C=O) groups excluding carboxylic acids is 2. The number of rotatable bonds is 6. The second-order valence-corrected chi connectivity index (χ2v) is 10.7. The van der Waals surface area contributed by atoms with Crippen LogP contribution in [0.3, 0.4) is 0 Å². The quantitative estimate of drug-likeness (QED) is 0.554. The molecule has 2 aromatic rings. The summed E-state index contributed by atoms with van der Waals surface area (Å²) < 4.78 is 54.2. The maximum atomic E-state index is 14.0. The van der Waals surface area contributed by atoms with Crippen LogP contribution in [0, 0.1) is 17.6 Å². The van der Waals surface area contributed by atoms with Gasteiger partial charge in [0, 0.05) is 32.1 Å². The highest BCUT2D eigenvalue weighted by atomic mass is 35.5. The van der Waals surface area contributed by atoms with Crippen LogP contribution in [0.1, 0.15) is 47.4 Å². The smallest absolute Gasteiger partial charge is 0.255 e. The molecule has 0 N–H and O–H groups in total. The second kappa shape index (κ2) is 9.87. The molecule has 0 radical (unpaired) electrons. The van der Waals surface area contributed by atoms with Gasteiger partial charge in [0.15, 0.2) is 5.78 Å². The summed E-state index contributed by atoms with van der Waals surface area (Å²) in [6.45, 7) is 3.87. The van der Waals surface area contributed by atoms with Crippen molar-refractivity contribution in [1.29, 1.82) is 0 Å². The molecule has 10 heteroatoms. The molecule has 0 aromatic heterocycles. The summed E-state index contributed by atoms with van der Waals surface area (Å²) >= 11 is 6.21. The summed E-state index contributed by atoms with van der Waals surface area (Å²) in [5.74, 6) is -2.97. The predicted molar refractivity (Wildman–Crippen MR) is 121 cm³/mol. The van der Waals surface area contributed by atoms with Gasteiger partial charge in [0.2, 0.25) is 10.0 Å². The molecule has 1 heterocycles. The Bertz CT molecular complexity index is 1180. The minimum atomic E-state index is -3.81. The molecule has 33 heavy (non-hydrogen) atoms. The second-order valence-electron chi connectivity index (χ2n) is 8.31. The van der Waals surface area contributed by atoms with Crippen LogP contribution in [0.15, 0.2) is 41.3 Å². The number of sulfonamides is 1. The van der Waals surface area contributed by atoms with E-state index < -0.39 is 39.3 Å². The van der Waals surface area contributed by atoms with Crippen molar-refractivity contribution in [2.75, 3.05) is 20.1 Å². The van der Waals surface area contributed by atoms with Crippen LogP contribution in [0.4, 0.5) is 8.78 Å². The number of amides is 1. The first-order valence-corrected chi connectivity index (χ1v) is 12.3. The molecule has 1 saturated heterocycles. The summed E-state index contributed by atoms with van der Waals surface area (Å²) in [6, 6.07) is 6.47. The fraction of sp³-hybridized carbons (Fsp3) is 0.391. The van der Waals surface area contributed by atoms with Crippen molar-refractivity contribution in [1.82, 2.24) is 9.21 Å². The van der Waals surface area contributed by atoms with E-state index in [-0.39, 0.29) is 53.0 Å². The van der Waals surface area contributed by atoms with E-state index in [4.69, 9.17) is 11.6 Å². The molecule has 1 amide bonds. The summed E-state index contributed by atoms with van der Waals surface area (Å²) in [5, 5.41) is 0.117. The lowest BCUT2D eigenvalue weighted by atomic mass is 9.88. The van der Waals surface area contributed by atoms with Crippen LogP contribution in [0.2, 0.25) is 5.02 Å². The van der Waals surface area contributed by atoms with E-state index in [1.54, 1.807) is 13.8 Å². The molecule has 0 atom stereocenters. The Morgan fingerprint density at radius 2 is 1.70 bits per heavy atom. The Kier molecular flexibility index (Phi) is 7.55. The molecule has 178 valence electrons. The largest absolute Gasteiger partial charge is 0.339 e. The minimum absolute atomic E-state index is 0.0434. The van der Waals surface area contributed by atoms with E-state index in [9.17, 15) is 26.8 Å². The van der Waals surface area contributed by atoms with Crippen molar-refractivity contribution in [2.24, 2.45) is 5.92 Å². The van der Waals surface area contributed by atoms with Gasteiger partial charge >= 0.3 is 0 Å². The number of likely N-dealkylation sites (tertiary alicyclic amines) is 1. The number of hydrogen-bond donors (Lipinski definition) is 0. The van der Waals surface area contributed by atoms with Gasteiger partial charge < -0.3 is 4.90 Å². The standard InChI is InChI=1S/C23H25ClF2N2O4S/c1-14(2)27(3)33(31,32)17-5-6-20(24)18(13-17)23(30)28-10-8-15(9-11-28)22(29)19-12-16(25)4-7-21(19)26/h4-7,12-15H,8-11H2,1-3H3. The van der Waals surface area contributed by atoms with Crippen molar-refractivity contribution >= 4 is 33.3 Å². The molecular weight excluding hydrogens is 474 g/mol. The molecule has 3 rings (SSSR count). The first kappa shape index (κ1) is 25.3. The van der Waals surface area contributed by atoms with E-state index in [0.29, 0.717) is 0 Å². The highest BCUT2D eigenvalue weighted by molar-refractivity contribution is 7.89. The van der Waals surface area contributed by atoms with E-state index >= 15 is 0 Å². The average molecular weight is 499 g/mol. The van der Waals surface area contributed by atoms with Gasteiger partial charge in [-0.3, -0.25) is 9.59 Å². The van der Waals surface area contributed by atoms with Crippen molar-refractivity contribution in [3.05, 3.63) is 64.2 Å². The Morgan fingerprint density at radius 1 is 1.06 bits per heavy atom. The zero-order valence-corrected chi connectivity index (χ0v) is 20.1. The zero-order chi connectivity index (χ0) is 24.5. The Labute approximate surface area is 197 Å². The average Bonchev–Trinajstić information content (AvgIpc) is 2.79. The number of carbonyl (C=O) groups is 2. The fourth-order valence-electron chi connectivity index (χ4n) is 3.69. The molecule has 0 spiro atoms. The van der Waals surface area contributed by atoms with Crippen molar-refractivity contribution < 1.29 is 26.8 Å². The molecule has 2 aromatic carbocycles. The van der Waals surface area contributed by atoms with Crippen molar-refractivity contribution in [3.63, 3.8) is 0 Å². The van der Waals surface area contributed by atoms with Gasteiger partial charge in [-0.1, -0.05) is 11.6 Å². The van der Waals surface area contributed by atoms with Crippen LogP contribution in [0.25, 0.3) is 0 Å². The number of hydrogen-bond acceptors (Lipinski definition) is 4. The molecule has 1 aliphatic rings. The van der Waals surface area contributed by atoms with Crippen LogP contribution in [-0.2, 0) is 10.0 Å². The highest BCUT2D eigenvalue weighted by Gasteiger charge is 2.31. The Morgan fingerprint density at radius 3 is 2.30 bits per heavy atom. The van der Waals surface area contributed by atoms with Crippen LogP contribution in [-0.4, -0.2) is 55.5 Å². The molecule has 0 saturated carbocycles. The van der Waals surface area contributed by atoms with Crippen LogP contribution in [0.5, 0.6) is 0 Å². The summed E-state index contributed by atoms with van der Waals surface area (Å²) in [5.41, 5.74) is -0.245. The molecule has 1 fully saturated rings. The van der Waals surface area contributed by atoms with Crippen molar-refractivity contribution in [3.8, 4) is 0 Å². The molecule has 0 unspecified atom stereocenters. The van der Waals surface area contributed by atoms with Gasteiger partial charge in [-0.2, -0.15) is 4.31 Å². The number of halogens is 3. The lowest BCUT2D eigenvalue weighted by Gasteiger charge is -2.31. The van der Waals surface area contributed by atoms with Gasteiger partial charge in [0.05, 0.1) is 21.0 Å². The number of piperidine rings is 1. The fourth-order valence-corrected chi connectivity index (χ4v) is 5.29. The Hall–Kier alpha value is -2.36. The van der Waals surface area contributed by atoms with Gasteiger partial charge in [-0.25, -0.2) is 17.2 Å². The molecule has 0 aliphatic carbocycles. The lowest BCUT2D eigenvalue weighted by Crippen LogP contribution is -2.40. The third-order valence-corrected chi connectivity index (χ3v) is 8.28. The van der Waals surface area contributed by atoms with E-state index in [1.165, 1.54) is 34.5 Å². The third-order valence-electron chi connectivity index (χ3n) is 5.92. The first-order chi connectivity index (χ1) is 15.4. The number of benzene rings is 2. The molecular formula is C23H25ClF2N2O4S. The minimum Gasteiger partial charge on any atom is -0.339 e. The normalized spacial score (nSPS) is 15.3. The van der Waals surface area contributed by atoms with Crippen molar-refractivity contribution in [2.45, 2.75) is 37.6 Å². The van der Waals surface area contributed by atoms with Gasteiger partial charge in [0.25, 0.3) is 5.91 Å². The topological polar surface area (TPSA) is 74.8 Å². The van der Waals surface area contributed by atoms with Gasteiger partial charge in [-0.15, -0.1) is 0 Å². The highest BCUT2D eigenvalue weighted by Crippen LogP contribution is 2.28. The van der Waals surface area contributed by atoms with Crippen LogP contribution < -0.4 is 0 Å². The number of nitrogens with zero attached hydrogens (tertiary/aromatic N) is 2. The SMILES string of the molecule is CC(C)N(C)S(=O)(=O)c1ccc(Cl)c(C(=O)N2CCC(C(=O)c3cc(F)ccc3F)CC2)c1. The third kappa shape index (κ3) is 5.26. The zero-order valence-electron chi connectivity index (χ0n) is 18.5. The molecule has 6 nitrogen and oxygen atoms in total. The molecule has 1 aliphatic heterocycles. The maximum absolute atomic E-state index is 14.0. The van der Waals surface area contributed by atoms with E-state index in [0.717, 1.165) is 18.2 Å². The predicted octanol–water partition coefficient (Wildman–Crippen LogP) is 4.38. The number of ketones is 1. The maximum Gasteiger partial charge on any atom is 0.255 e.